The first kappa shape index (κ1) is 15.7. The second kappa shape index (κ2) is 7.39. The number of halogens is 2. The van der Waals surface area contributed by atoms with E-state index in [-0.39, 0.29) is 11.9 Å². The molecule has 1 aromatic rings. The summed E-state index contributed by atoms with van der Waals surface area (Å²) in [5.41, 5.74) is 0.668. The summed E-state index contributed by atoms with van der Waals surface area (Å²) in [6.45, 7) is 4.96. The van der Waals surface area contributed by atoms with Gasteiger partial charge in [0.1, 0.15) is 5.82 Å². The topological polar surface area (TPSA) is 15.3 Å². The van der Waals surface area contributed by atoms with Crippen molar-refractivity contribution >= 4 is 11.6 Å². The molecule has 2 atom stereocenters. The molecule has 1 saturated heterocycles. The predicted octanol–water partition coefficient (Wildman–Crippen LogP) is 3.86. The first-order valence-electron chi connectivity index (χ1n) is 7.50. The zero-order chi connectivity index (χ0) is 14.5. The fourth-order valence-corrected chi connectivity index (χ4v) is 3.49. The van der Waals surface area contributed by atoms with Crippen LogP contribution >= 0.6 is 11.6 Å². The van der Waals surface area contributed by atoms with Crippen molar-refractivity contribution in [3.05, 3.63) is 34.6 Å². The molecule has 0 spiro atoms. The molecule has 0 bridgehead atoms. The maximum Gasteiger partial charge on any atom is 0.129 e. The summed E-state index contributed by atoms with van der Waals surface area (Å²) < 4.78 is 14.3. The van der Waals surface area contributed by atoms with E-state index in [9.17, 15) is 4.39 Å². The molecule has 2 unspecified atom stereocenters. The van der Waals surface area contributed by atoms with Gasteiger partial charge in [-0.05, 0) is 57.6 Å². The number of nitrogens with one attached hydrogen (secondary N) is 1. The highest BCUT2D eigenvalue weighted by atomic mass is 35.5. The van der Waals surface area contributed by atoms with Gasteiger partial charge in [-0.25, -0.2) is 4.39 Å². The third-order valence-electron chi connectivity index (χ3n) is 4.21. The van der Waals surface area contributed by atoms with Gasteiger partial charge in [0.15, 0.2) is 0 Å². The van der Waals surface area contributed by atoms with Crippen molar-refractivity contribution in [2.75, 3.05) is 26.7 Å². The lowest BCUT2D eigenvalue weighted by Crippen LogP contribution is -2.35. The molecule has 112 valence electrons. The molecule has 0 saturated carbocycles. The van der Waals surface area contributed by atoms with Crippen molar-refractivity contribution in [1.29, 1.82) is 0 Å². The van der Waals surface area contributed by atoms with Gasteiger partial charge < -0.3 is 5.32 Å². The van der Waals surface area contributed by atoms with Gasteiger partial charge in [0.2, 0.25) is 0 Å². The van der Waals surface area contributed by atoms with Gasteiger partial charge in [-0.3, -0.25) is 4.90 Å². The van der Waals surface area contributed by atoms with Crippen LogP contribution in [0.4, 0.5) is 4.39 Å². The molecule has 20 heavy (non-hydrogen) atoms. The summed E-state index contributed by atoms with van der Waals surface area (Å²) in [7, 11) is 2.08. The average Bonchev–Trinajstić information content (AvgIpc) is 2.59. The molecule has 4 heteroatoms. The SMILES string of the molecule is CCNCC1CCCCN(C)C1c1c(F)cccc1Cl. The summed E-state index contributed by atoms with van der Waals surface area (Å²) in [6.07, 6.45) is 3.48. The van der Waals surface area contributed by atoms with E-state index in [1.165, 1.54) is 18.9 Å². The van der Waals surface area contributed by atoms with Gasteiger partial charge in [0.25, 0.3) is 0 Å². The molecule has 2 nitrogen and oxygen atoms in total. The number of rotatable bonds is 4. The molecular formula is C16H24ClFN2. The van der Waals surface area contributed by atoms with E-state index in [0.29, 0.717) is 16.5 Å². The number of hydrogen-bond donors (Lipinski definition) is 1. The minimum absolute atomic E-state index is 0.0604. The average molecular weight is 299 g/mol. The lowest BCUT2D eigenvalue weighted by Gasteiger charge is -2.33. The first-order chi connectivity index (χ1) is 9.65. The molecular weight excluding hydrogens is 275 g/mol. The molecule has 2 rings (SSSR count). The quantitative estimate of drug-likeness (QED) is 0.908. The highest BCUT2D eigenvalue weighted by Gasteiger charge is 2.32. The van der Waals surface area contributed by atoms with Crippen LogP contribution in [0.1, 0.15) is 37.8 Å². The van der Waals surface area contributed by atoms with Crippen molar-refractivity contribution in [1.82, 2.24) is 10.2 Å². The van der Waals surface area contributed by atoms with E-state index in [4.69, 9.17) is 11.6 Å². The zero-order valence-electron chi connectivity index (χ0n) is 12.3. The standard InChI is InChI=1S/C16H24ClFN2/c1-3-19-11-12-7-4-5-10-20(2)16(12)15-13(17)8-6-9-14(15)18/h6,8-9,12,16,19H,3-5,7,10-11H2,1-2H3. The summed E-state index contributed by atoms with van der Waals surface area (Å²) in [5, 5.41) is 3.96. The second-order valence-corrected chi connectivity index (χ2v) is 6.03. The van der Waals surface area contributed by atoms with Crippen LogP contribution in [0.25, 0.3) is 0 Å². The molecule has 1 N–H and O–H groups in total. The summed E-state index contributed by atoms with van der Waals surface area (Å²) in [5.74, 6) is 0.217. The fourth-order valence-electron chi connectivity index (χ4n) is 3.22. The number of likely N-dealkylation sites (tertiary alicyclic amines) is 1. The molecule has 1 aromatic carbocycles. The Labute approximate surface area is 126 Å². The lowest BCUT2D eigenvalue weighted by molar-refractivity contribution is 0.185. The largest absolute Gasteiger partial charge is 0.317 e. The number of benzene rings is 1. The van der Waals surface area contributed by atoms with Crippen molar-refractivity contribution in [2.45, 2.75) is 32.2 Å². The number of hydrogen-bond acceptors (Lipinski definition) is 2. The van der Waals surface area contributed by atoms with E-state index in [1.54, 1.807) is 12.1 Å². The highest BCUT2D eigenvalue weighted by molar-refractivity contribution is 6.31. The van der Waals surface area contributed by atoms with E-state index >= 15 is 0 Å². The van der Waals surface area contributed by atoms with Gasteiger partial charge in [-0.1, -0.05) is 31.0 Å². The van der Waals surface area contributed by atoms with Crippen LogP contribution in [-0.4, -0.2) is 31.6 Å². The monoisotopic (exact) mass is 298 g/mol. The maximum atomic E-state index is 14.3. The van der Waals surface area contributed by atoms with E-state index in [1.807, 2.05) is 0 Å². The Morgan fingerprint density at radius 2 is 2.20 bits per heavy atom. The van der Waals surface area contributed by atoms with Crippen LogP contribution in [-0.2, 0) is 0 Å². The van der Waals surface area contributed by atoms with Crippen LogP contribution in [0.5, 0.6) is 0 Å². The lowest BCUT2D eigenvalue weighted by atomic mass is 9.89. The summed E-state index contributed by atoms with van der Waals surface area (Å²) in [4.78, 5) is 2.26. The highest BCUT2D eigenvalue weighted by Crippen LogP contribution is 2.38. The summed E-state index contributed by atoms with van der Waals surface area (Å²) >= 11 is 6.29. The van der Waals surface area contributed by atoms with Crippen molar-refractivity contribution < 1.29 is 4.39 Å². The van der Waals surface area contributed by atoms with Crippen LogP contribution in [0, 0.1) is 11.7 Å². The third-order valence-corrected chi connectivity index (χ3v) is 4.54. The third kappa shape index (κ3) is 3.51. The molecule has 1 aliphatic rings. The van der Waals surface area contributed by atoms with Crippen LogP contribution in [0.15, 0.2) is 18.2 Å². The van der Waals surface area contributed by atoms with Gasteiger partial charge >= 0.3 is 0 Å². The van der Waals surface area contributed by atoms with Gasteiger partial charge in [-0.15, -0.1) is 0 Å². The van der Waals surface area contributed by atoms with Gasteiger partial charge in [-0.2, -0.15) is 0 Å². The van der Waals surface area contributed by atoms with E-state index in [0.717, 1.165) is 26.1 Å². The maximum absolute atomic E-state index is 14.3. The first-order valence-corrected chi connectivity index (χ1v) is 7.87. The smallest absolute Gasteiger partial charge is 0.129 e. The Hall–Kier alpha value is -0.640. The molecule has 1 fully saturated rings. The molecule has 1 heterocycles. The Balaban J connectivity index is 2.35. The Bertz CT molecular complexity index is 418. The van der Waals surface area contributed by atoms with Crippen LogP contribution in [0.3, 0.4) is 0 Å². The second-order valence-electron chi connectivity index (χ2n) is 5.62. The van der Waals surface area contributed by atoms with Crippen LogP contribution in [0.2, 0.25) is 5.02 Å². The van der Waals surface area contributed by atoms with Crippen LogP contribution < -0.4 is 5.32 Å². The Morgan fingerprint density at radius 1 is 1.40 bits per heavy atom. The molecule has 0 aromatic heterocycles. The summed E-state index contributed by atoms with van der Waals surface area (Å²) in [6, 6.07) is 5.05. The van der Waals surface area contributed by atoms with Crippen molar-refractivity contribution in [3.8, 4) is 0 Å². The van der Waals surface area contributed by atoms with Crippen molar-refractivity contribution in [2.24, 2.45) is 5.92 Å². The molecule has 1 aliphatic heterocycles. The Kier molecular flexibility index (Phi) is 5.82. The van der Waals surface area contributed by atoms with Crippen molar-refractivity contribution in [3.63, 3.8) is 0 Å². The van der Waals surface area contributed by atoms with Gasteiger partial charge in [0.05, 0.1) is 0 Å². The molecule has 0 radical (unpaired) electrons. The minimum Gasteiger partial charge on any atom is -0.317 e. The van der Waals surface area contributed by atoms with Gasteiger partial charge in [0, 0.05) is 16.6 Å². The fraction of sp³-hybridized carbons (Fsp3) is 0.625. The predicted molar refractivity (Wildman–Crippen MR) is 82.7 cm³/mol. The molecule has 0 aliphatic carbocycles. The Morgan fingerprint density at radius 3 is 2.90 bits per heavy atom. The normalized spacial score (nSPS) is 24.6. The molecule has 0 amide bonds. The van der Waals surface area contributed by atoms with E-state index < -0.39 is 0 Å². The van der Waals surface area contributed by atoms with E-state index in [2.05, 4.69) is 24.2 Å². The minimum atomic E-state index is -0.183. The zero-order valence-corrected chi connectivity index (χ0v) is 13.1. The number of nitrogens with zero attached hydrogens (tertiary/aromatic N) is 1.